The molecule has 2 amide bonds. The number of benzene rings is 3. The second-order valence-electron chi connectivity index (χ2n) is 9.16. The number of fused-ring (bicyclic) bond motifs is 1. The van der Waals surface area contributed by atoms with E-state index in [-0.39, 0.29) is 36.1 Å². The van der Waals surface area contributed by atoms with E-state index in [1.165, 1.54) is 10.1 Å². The molecule has 1 aliphatic carbocycles. The van der Waals surface area contributed by atoms with Gasteiger partial charge < -0.3 is 15.3 Å². The average molecular weight is 467 g/mol. The van der Waals surface area contributed by atoms with Crippen LogP contribution < -0.4 is 11.0 Å². The smallest absolute Gasteiger partial charge is 0.331 e. The van der Waals surface area contributed by atoms with Crippen molar-refractivity contribution in [1.29, 1.82) is 0 Å². The Kier molecular flexibility index (Phi) is 5.17. The van der Waals surface area contributed by atoms with Gasteiger partial charge in [0.1, 0.15) is 5.69 Å². The Morgan fingerprint density at radius 3 is 2.34 bits per heavy atom. The lowest BCUT2D eigenvalue weighted by Crippen LogP contribution is -2.42. The van der Waals surface area contributed by atoms with Crippen LogP contribution in [0.5, 0.6) is 5.88 Å². The summed E-state index contributed by atoms with van der Waals surface area (Å²) in [5, 5.41) is 14.0. The number of anilines is 1. The van der Waals surface area contributed by atoms with Crippen LogP contribution in [0.3, 0.4) is 0 Å². The molecule has 0 radical (unpaired) electrons. The van der Waals surface area contributed by atoms with E-state index in [2.05, 4.69) is 17.4 Å². The number of hydrogen-bond acceptors (Lipinski definition) is 3. The van der Waals surface area contributed by atoms with Gasteiger partial charge in [-0.3, -0.25) is 9.13 Å². The van der Waals surface area contributed by atoms with Crippen molar-refractivity contribution in [2.45, 2.75) is 31.5 Å². The highest BCUT2D eigenvalue weighted by atomic mass is 16.3. The van der Waals surface area contributed by atoms with Crippen molar-refractivity contribution in [3.05, 3.63) is 107 Å². The van der Waals surface area contributed by atoms with E-state index in [0.29, 0.717) is 18.8 Å². The number of aromatic nitrogens is 2. The summed E-state index contributed by atoms with van der Waals surface area (Å²) in [6.45, 7) is 0.920. The maximum atomic E-state index is 13.2. The van der Waals surface area contributed by atoms with E-state index in [9.17, 15) is 14.7 Å². The maximum absolute atomic E-state index is 13.2. The molecule has 2 N–H and O–H groups in total. The molecular weight excluding hydrogens is 440 g/mol. The van der Waals surface area contributed by atoms with Gasteiger partial charge in [-0.25, -0.2) is 9.59 Å². The molecule has 1 saturated carbocycles. The summed E-state index contributed by atoms with van der Waals surface area (Å²) < 4.78 is 3.12. The van der Waals surface area contributed by atoms with Crippen LogP contribution in [0.4, 0.5) is 10.5 Å². The molecule has 0 unspecified atom stereocenters. The summed E-state index contributed by atoms with van der Waals surface area (Å²) in [6.07, 6.45) is 0.821. The lowest BCUT2D eigenvalue weighted by molar-refractivity contribution is 0.195. The van der Waals surface area contributed by atoms with Crippen LogP contribution in [-0.2, 0) is 13.1 Å². The number of aromatic hydroxyl groups is 1. The Morgan fingerprint density at radius 2 is 1.57 bits per heavy atom. The van der Waals surface area contributed by atoms with Crippen LogP contribution in [0.2, 0.25) is 0 Å². The van der Waals surface area contributed by atoms with Gasteiger partial charge in [0.2, 0.25) is 5.88 Å². The number of hydrogen-bond donors (Lipinski definition) is 2. The van der Waals surface area contributed by atoms with Gasteiger partial charge in [0.25, 0.3) is 0 Å². The zero-order valence-corrected chi connectivity index (χ0v) is 19.2. The third-order valence-corrected chi connectivity index (χ3v) is 7.04. The van der Waals surface area contributed by atoms with Gasteiger partial charge in [-0.2, -0.15) is 0 Å². The number of para-hydroxylation sites is 1. The summed E-state index contributed by atoms with van der Waals surface area (Å²) >= 11 is 0. The fraction of sp³-hybridized carbons (Fsp3) is 0.214. The molecule has 6 rings (SSSR count). The molecule has 2 aliphatic rings. The van der Waals surface area contributed by atoms with Crippen LogP contribution in [0.15, 0.2) is 89.7 Å². The van der Waals surface area contributed by atoms with Crippen molar-refractivity contribution in [2.75, 3.05) is 11.9 Å². The van der Waals surface area contributed by atoms with Gasteiger partial charge in [0.05, 0.1) is 12.2 Å². The van der Waals surface area contributed by atoms with Crippen molar-refractivity contribution in [3.8, 4) is 17.0 Å². The molecule has 0 bridgehead atoms. The second kappa shape index (κ2) is 8.51. The SMILES string of the molecule is O=C(Nc1ccccc1-c1ccccc1)N1CCn2c(c(O)n([C@H]3C[C@H]3c3ccccc3)c2=O)C1. The van der Waals surface area contributed by atoms with E-state index in [1.807, 2.05) is 72.8 Å². The molecule has 7 nitrogen and oxygen atoms in total. The number of urea groups is 1. The molecule has 3 aromatic carbocycles. The molecular formula is C28H26N4O3. The summed E-state index contributed by atoms with van der Waals surface area (Å²) in [5.41, 5.74) is 4.14. The number of amides is 2. The van der Waals surface area contributed by atoms with Gasteiger partial charge in [-0.15, -0.1) is 0 Å². The molecule has 4 aromatic rings. The Balaban J connectivity index is 1.22. The molecule has 35 heavy (non-hydrogen) atoms. The van der Waals surface area contributed by atoms with Gasteiger partial charge in [-0.1, -0.05) is 78.9 Å². The first-order valence-electron chi connectivity index (χ1n) is 11.9. The van der Waals surface area contributed by atoms with Crippen molar-refractivity contribution < 1.29 is 9.90 Å². The second-order valence-corrected chi connectivity index (χ2v) is 9.16. The number of nitrogens with one attached hydrogen (secondary N) is 1. The molecule has 176 valence electrons. The first-order valence-corrected chi connectivity index (χ1v) is 11.9. The van der Waals surface area contributed by atoms with Gasteiger partial charge >= 0.3 is 11.7 Å². The van der Waals surface area contributed by atoms with E-state index in [4.69, 9.17) is 0 Å². The summed E-state index contributed by atoms with van der Waals surface area (Å²) in [4.78, 5) is 27.9. The maximum Gasteiger partial charge on any atom is 0.331 e. The van der Waals surface area contributed by atoms with Crippen molar-refractivity contribution in [3.63, 3.8) is 0 Å². The van der Waals surface area contributed by atoms with Crippen LogP contribution in [0.1, 0.15) is 29.6 Å². The van der Waals surface area contributed by atoms with Crippen molar-refractivity contribution >= 4 is 11.7 Å². The zero-order valence-electron chi connectivity index (χ0n) is 19.2. The third-order valence-electron chi connectivity index (χ3n) is 7.04. The van der Waals surface area contributed by atoms with Crippen molar-refractivity contribution in [1.82, 2.24) is 14.0 Å². The topological polar surface area (TPSA) is 79.5 Å². The molecule has 2 heterocycles. The monoisotopic (exact) mass is 466 g/mol. The Bertz CT molecular complexity index is 1440. The first-order chi connectivity index (χ1) is 17.1. The molecule has 0 saturated heterocycles. The summed E-state index contributed by atoms with van der Waals surface area (Å²) in [6, 6.07) is 27.3. The number of imidazole rings is 1. The zero-order chi connectivity index (χ0) is 23.9. The molecule has 1 fully saturated rings. The fourth-order valence-corrected chi connectivity index (χ4v) is 5.12. The molecule has 0 spiro atoms. The minimum absolute atomic E-state index is 0.0272. The normalized spacial score (nSPS) is 18.7. The van der Waals surface area contributed by atoms with Crippen molar-refractivity contribution in [2.24, 2.45) is 0 Å². The van der Waals surface area contributed by atoms with E-state index >= 15 is 0 Å². The average Bonchev–Trinajstić information content (AvgIpc) is 3.65. The third kappa shape index (κ3) is 3.79. The van der Waals surface area contributed by atoms with Crippen LogP contribution >= 0.6 is 0 Å². The minimum atomic E-state index is -0.257. The molecule has 1 aliphatic heterocycles. The molecule has 1 aromatic heterocycles. The predicted molar refractivity (Wildman–Crippen MR) is 135 cm³/mol. The molecule has 7 heteroatoms. The lowest BCUT2D eigenvalue weighted by Gasteiger charge is -2.28. The van der Waals surface area contributed by atoms with Gasteiger partial charge in [0, 0.05) is 30.6 Å². The Morgan fingerprint density at radius 1 is 0.886 bits per heavy atom. The highest BCUT2D eigenvalue weighted by Crippen LogP contribution is 2.52. The minimum Gasteiger partial charge on any atom is -0.493 e. The van der Waals surface area contributed by atoms with Crippen LogP contribution in [0, 0.1) is 0 Å². The quantitative estimate of drug-likeness (QED) is 0.454. The van der Waals surface area contributed by atoms with Crippen LogP contribution in [0.25, 0.3) is 11.1 Å². The number of rotatable bonds is 4. The largest absolute Gasteiger partial charge is 0.493 e. The Hall–Kier alpha value is -4.26. The van der Waals surface area contributed by atoms with Gasteiger partial charge in [0.15, 0.2) is 0 Å². The molecule has 2 atom stereocenters. The summed E-state index contributed by atoms with van der Waals surface area (Å²) in [7, 11) is 0. The van der Waals surface area contributed by atoms with E-state index < -0.39 is 0 Å². The van der Waals surface area contributed by atoms with E-state index in [0.717, 1.165) is 23.2 Å². The highest BCUT2D eigenvalue weighted by molar-refractivity contribution is 5.94. The number of carbonyl (C=O) groups is 1. The first kappa shape index (κ1) is 21.3. The standard InChI is InChI=1S/C28H26N4O3/c33-26-25-18-30(27(34)29-23-14-8-7-13-21(23)19-9-3-1-4-10-19)15-16-31(25)28(35)32(26)24-17-22(24)20-11-5-2-6-12-20/h1-14,22,24,33H,15-18H2,(H,29,34)/t22-,24-/m0/s1. The summed E-state index contributed by atoms with van der Waals surface area (Å²) in [5.74, 6) is 0.193. The number of carbonyl (C=O) groups excluding carboxylic acids is 1. The van der Waals surface area contributed by atoms with Gasteiger partial charge in [-0.05, 0) is 23.6 Å². The highest BCUT2D eigenvalue weighted by Gasteiger charge is 2.44. The van der Waals surface area contributed by atoms with E-state index in [1.54, 1.807) is 9.47 Å². The predicted octanol–water partition coefficient (Wildman–Crippen LogP) is 4.80. The number of nitrogens with zero attached hydrogens (tertiary/aromatic N) is 3. The lowest BCUT2D eigenvalue weighted by atomic mass is 10.0. The Labute approximate surface area is 202 Å². The van der Waals surface area contributed by atoms with Crippen LogP contribution in [-0.4, -0.2) is 31.7 Å². The fourth-order valence-electron chi connectivity index (χ4n) is 5.12.